The topological polar surface area (TPSA) is 15.3 Å². The Balaban J connectivity index is 2.74. The van der Waals surface area contributed by atoms with Crippen LogP contribution < -0.4 is 5.32 Å². The third-order valence-electron chi connectivity index (χ3n) is 4.19. The summed E-state index contributed by atoms with van der Waals surface area (Å²) in [5, 5.41) is 3.62. The second-order valence-electron chi connectivity index (χ2n) is 5.80. The molecule has 1 rings (SSSR count). The molecule has 1 N–H and O–H groups in total. The molecule has 2 atom stereocenters. The molecule has 1 aromatic rings. The number of rotatable bonds is 9. The lowest BCUT2D eigenvalue weighted by Gasteiger charge is -2.29. The van der Waals surface area contributed by atoms with Gasteiger partial charge in [-0.1, -0.05) is 51.5 Å². The van der Waals surface area contributed by atoms with E-state index in [0.717, 1.165) is 13.1 Å². The van der Waals surface area contributed by atoms with Crippen molar-refractivity contribution >= 4 is 0 Å². The van der Waals surface area contributed by atoms with Gasteiger partial charge in [0.1, 0.15) is 0 Å². The van der Waals surface area contributed by atoms with E-state index >= 15 is 0 Å². The fourth-order valence-corrected chi connectivity index (χ4v) is 2.52. The molecule has 2 nitrogen and oxygen atoms in total. The highest BCUT2D eigenvalue weighted by atomic mass is 15.1. The summed E-state index contributed by atoms with van der Waals surface area (Å²) in [5.41, 5.74) is 2.85. The second kappa shape index (κ2) is 9.15. The Morgan fingerprint density at radius 3 is 2.25 bits per heavy atom. The highest BCUT2D eigenvalue weighted by Gasteiger charge is 2.15. The Morgan fingerprint density at radius 2 is 1.75 bits per heavy atom. The van der Waals surface area contributed by atoms with Crippen molar-refractivity contribution in [3.05, 3.63) is 35.4 Å². The van der Waals surface area contributed by atoms with Crippen LogP contribution in [0.3, 0.4) is 0 Å². The van der Waals surface area contributed by atoms with Crippen LogP contribution in [-0.2, 0) is 6.42 Å². The molecule has 0 fully saturated rings. The largest absolute Gasteiger partial charge is 0.309 e. The van der Waals surface area contributed by atoms with Crippen LogP contribution in [0.4, 0.5) is 0 Å². The first-order valence-corrected chi connectivity index (χ1v) is 8.14. The Labute approximate surface area is 125 Å². The molecule has 0 aromatic heterocycles. The quantitative estimate of drug-likeness (QED) is 0.733. The van der Waals surface area contributed by atoms with E-state index in [9.17, 15) is 0 Å². The van der Waals surface area contributed by atoms with E-state index in [4.69, 9.17) is 0 Å². The first kappa shape index (κ1) is 17.2. The monoisotopic (exact) mass is 276 g/mol. The van der Waals surface area contributed by atoms with Crippen molar-refractivity contribution in [1.29, 1.82) is 0 Å². The van der Waals surface area contributed by atoms with Crippen LogP contribution in [0.1, 0.15) is 57.7 Å². The maximum atomic E-state index is 3.62. The Kier molecular flexibility index (Phi) is 7.86. The van der Waals surface area contributed by atoms with E-state index in [2.05, 4.69) is 69.2 Å². The van der Waals surface area contributed by atoms with E-state index in [1.807, 2.05) is 0 Å². The van der Waals surface area contributed by atoms with E-state index in [-0.39, 0.29) is 0 Å². The van der Waals surface area contributed by atoms with Gasteiger partial charge in [0.2, 0.25) is 0 Å². The molecular weight excluding hydrogens is 244 g/mol. The zero-order valence-electron chi connectivity index (χ0n) is 13.9. The molecule has 0 radical (unpaired) electrons. The lowest BCUT2D eigenvalue weighted by molar-refractivity contribution is 0.225. The summed E-state index contributed by atoms with van der Waals surface area (Å²) in [6, 6.07) is 10.2. The third kappa shape index (κ3) is 5.26. The van der Waals surface area contributed by atoms with Crippen LogP contribution in [0.25, 0.3) is 0 Å². The highest BCUT2D eigenvalue weighted by molar-refractivity contribution is 5.25. The summed E-state index contributed by atoms with van der Waals surface area (Å²) in [6.45, 7) is 11.0. The normalized spacial score (nSPS) is 14.5. The molecule has 0 aliphatic heterocycles. The van der Waals surface area contributed by atoms with Gasteiger partial charge in [-0.15, -0.1) is 0 Å². The first-order chi connectivity index (χ1) is 9.62. The van der Waals surface area contributed by atoms with Crippen LogP contribution in [0.15, 0.2) is 24.3 Å². The molecule has 0 bridgehead atoms. The summed E-state index contributed by atoms with van der Waals surface area (Å²) < 4.78 is 0. The van der Waals surface area contributed by atoms with Crippen molar-refractivity contribution in [3.8, 4) is 0 Å². The summed E-state index contributed by atoms with van der Waals surface area (Å²) in [7, 11) is 2.23. The molecule has 0 spiro atoms. The number of nitrogens with one attached hydrogen (secondary N) is 1. The summed E-state index contributed by atoms with van der Waals surface area (Å²) >= 11 is 0. The maximum Gasteiger partial charge on any atom is 0.0449 e. The van der Waals surface area contributed by atoms with E-state index in [1.165, 1.54) is 30.4 Å². The highest BCUT2D eigenvalue weighted by Crippen LogP contribution is 2.17. The molecule has 0 aliphatic rings. The van der Waals surface area contributed by atoms with Gasteiger partial charge < -0.3 is 10.2 Å². The minimum atomic E-state index is 0.426. The lowest BCUT2D eigenvalue weighted by Crippen LogP contribution is -2.37. The predicted molar refractivity (Wildman–Crippen MR) is 89.2 cm³/mol. The van der Waals surface area contributed by atoms with E-state index in [1.54, 1.807) is 0 Å². The van der Waals surface area contributed by atoms with Crippen molar-refractivity contribution in [3.63, 3.8) is 0 Å². The standard InChI is InChI=1S/C18H32N2/c1-6-9-16-10-12-17(13-11-16)18(19-8-3)14-20(5)15(4)7-2/h10-13,15,18-19H,6-9,14H2,1-5H3. The minimum absolute atomic E-state index is 0.426. The zero-order chi connectivity index (χ0) is 15.0. The van der Waals surface area contributed by atoms with Gasteiger partial charge in [0.05, 0.1) is 0 Å². The number of aryl methyl sites for hydroxylation is 1. The summed E-state index contributed by atoms with van der Waals surface area (Å²) in [6.07, 6.45) is 3.59. The molecule has 2 unspecified atom stereocenters. The molecule has 1 aromatic carbocycles. The van der Waals surface area contributed by atoms with Crippen LogP contribution in [0, 0.1) is 0 Å². The molecule has 0 saturated carbocycles. The molecule has 0 amide bonds. The second-order valence-corrected chi connectivity index (χ2v) is 5.80. The van der Waals surface area contributed by atoms with E-state index < -0.39 is 0 Å². The van der Waals surface area contributed by atoms with Crippen molar-refractivity contribution in [2.24, 2.45) is 0 Å². The van der Waals surface area contributed by atoms with Gasteiger partial charge in [0, 0.05) is 18.6 Å². The van der Waals surface area contributed by atoms with Gasteiger partial charge in [-0.3, -0.25) is 0 Å². The van der Waals surface area contributed by atoms with Gasteiger partial charge in [-0.25, -0.2) is 0 Å². The molecule has 0 aliphatic carbocycles. The van der Waals surface area contributed by atoms with Gasteiger partial charge in [-0.05, 0) is 44.5 Å². The molecule has 0 saturated heterocycles. The minimum Gasteiger partial charge on any atom is -0.309 e. The van der Waals surface area contributed by atoms with Gasteiger partial charge >= 0.3 is 0 Å². The summed E-state index contributed by atoms with van der Waals surface area (Å²) in [4.78, 5) is 2.45. The fraction of sp³-hybridized carbons (Fsp3) is 0.667. The smallest absolute Gasteiger partial charge is 0.0449 e. The SMILES string of the molecule is CCCc1ccc(C(CN(C)C(C)CC)NCC)cc1. The van der Waals surface area contributed by atoms with Crippen LogP contribution in [0.2, 0.25) is 0 Å². The number of hydrogen-bond acceptors (Lipinski definition) is 2. The molecule has 0 heterocycles. The van der Waals surface area contributed by atoms with E-state index in [0.29, 0.717) is 12.1 Å². The van der Waals surface area contributed by atoms with Crippen LogP contribution in [0.5, 0.6) is 0 Å². The van der Waals surface area contributed by atoms with Crippen molar-refractivity contribution in [2.45, 2.75) is 59.0 Å². The predicted octanol–water partition coefficient (Wildman–Crippen LogP) is 4.02. The third-order valence-corrected chi connectivity index (χ3v) is 4.19. The van der Waals surface area contributed by atoms with Crippen LogP contribution >= 0.6 is 0 Å². The Hall–Kier alpha value is -0.860. The number of likely N-dealkylation sites (N-methyl/N-ethyl adjacent to an activating group) is 2. The van der Waals surface area contributed by atoms with Gasteiger partial charge in [-0.2, -0.15) is 0 Å². The molecular formula is C18H32N2. The number of nitrogens with zero attached hydrogens (tertiary/aromatic N) is 1. The van der Waals surface area contributed by atoms with Crippen molar-refractivity contribution < 1.29 is 0 Å². The average molecular weight is 276 g/mol. The number of hydrogen-bond donors (Lipinski definition) is 1. The Bertz CT molecular complexity index is 358. The number of benzene rings is 1. The van der Waals surface area contributed by atoms with Gasteiger partial charge in [0.25, 0.3) is 0 Å². The summed E-state index contributed by atoms with van der Waals surface area (Å²) in [5.74, 6) is 0. The zero-order valence-corrected chi connectivity index (χ0v) is 13.9. The lowest BCUT2D eigenvalue weighted by atomic mass is 10.0. The molecule has 114 valence electrons. The molecule has 20 heavy (non-hydrogen) atoms. The van der Waals surface area contributed by atoms with Crippen LogP contribution in [-0.4, -0.2) is 31.1 Å². The van der Waals surface area contributed by atoms with Crippen molar-refractivity contribution in [2.75, 3.05) is 20.1 Å². The maximum absolute atomic E-state index is 3.62. The molecule has 2 heteroatoms. The first-order valence-electron chi connectivity index (χ1n) is 8.14. The average Bonchev–Trinajstić information content (AvgIpc) is 2.47. The van der Waals surface area contributed by atoms with Gasteiger partial charge in [0.15, 0.2) is 0 Å². The Morgan fingerprint density at radius 1 is 1.10 bits per heavy atom. The fourth-order valence-electron chi connectivity index (χ4n) is 2.52. The van der Waals surface area contributed by atoms with Crippen molar-refractivity contribution in [1.82, 2.24) is 10.2 Å².